The van der Waals surface area contributed by atoms with Crippen molar-refractivity contribution in [3.8, 4) is 0 Å². The highest BCUT2D eigenvalue weighted by atomic mass is 16.4. The third-order valence-electron chi connectivity index (χ3n) is 2.34. The van der Waals surface area contributed by atoms with Gasteiger partial charge in [0.05, 0.1) is 6.10 Å². The molecule has 0 aliphatic rings. The number of carboxylic acids is 1. The van der Waals surface area contributed by atoms with Gasteiger partial charge in [0, 0.05) is 0 Å². The second-order valence-electron chi connectivity index (χ2n) is 3.12. The van der Waals surface area contributed by atoms with Gasteiger partial charge in [0.25, 0.3) is 0 Å². The van der Waals surface area contributed by atoms with Crippen molar-refractivity contribution in [1.82, 2.24) is 0 Å². The highest BCUT2D eigenvalue weighted by Crippen LogP contribution is 2.24. The molecule has 0 aliphatic carbocycles. The number of hydrogen-bond acceptors (Lipinski definition) is 3. The summed E-state index contributed by atoms with van der Waals surface area (Å²) in [5, 5.41) is 27.4. The molecule has 4 heteroatoms. The van der Waals surface area contributed by atoms with Crippen molar-refractivity contribution in [2.24, 2.45) is 5.92 Å². The standard InChI is InChI=1S/C8H16O4/c1-4-5(2)8(12,6(3)9)7(10)11/h5-6,9,12H,4H2,1-3H3,(H,10,11). The zero-order valence-electron chi connectivity index (χ0n) is 7.61. The monoisotopic (exact) mass is 176 g/mol. The predicted molar refractivity (Wildman–Crippen MR) is 43.7 cm³/mol. The van der Waals surface area contributed by atoms with Crippen LogP contribution in [0.1, 0.15) is 27.2 Å². The van der Waals surface area contributed by atoms with Gasteiger partial charge < -0.3 is 15.3 Å². The Morgan fingerprint density at radius 2 is 1.92 bits per heavy atom. The Balaban J connectivity index is 4.74. The van der Waals surface area contributed by atoms with E-state index < -0.39 is 23.6 Å². The average Bonchev–Trinajstić information content (AvgIpc) is 2.00. The topological polar surface area (TPSA) is 77.8 Å². The molecule has 3 unspecified atom stereocenters. The molecule has 3 atom stereocenters. The molecule has 0 spiro atoms. The van der Waals surface area contributed by atoms with Gasteiger partial charge in [0.2, 0.25) is 0 Å². The second kappa shape index (κ2) is 3.87. The van der Waals surface area contributed by atoms with Crippen LogP contribution in [0.3, 0.4) is 0 Å². The minimum Gasteiger partial charge on any atom is -0.479 e. The van der Waals surface area contributed by atoms with Gasteiger partial charge in [-0.25, -0.2) is 4.79 Å². The Labute approximate surface area is 71.8 Å². The second-order valence-corrected chi connectivity index (χ2v) is 3.12. The summed E-state index contributed by atoms with van der Waals surface area (Å²) in [5.41, 5.74) is -2.02. The Bertz CT molecular complexity index is 166. The van der Waals surface area contributed by atoms with E-state index in [1.807, 2.05) is 0 Å². The first-order valence-electron chi connectivity index (χ1n) is 4.01. The number of carbonyl (C=O) groups is 1. The lowest BCUT2D eigenvalue weighted by Crippen LogP contribution is -2.53. The number of aliphatic hydroxyl groups excluding tert-OH is 1. The molecule has 0 heterocycles. The Hall–Kier alpha value is -0.610. The van der Waals surface area contributed by atoms with Crippen LogP contribution in [0.2, 0.25) is 0 Å². The lowest BCUT2D eigenvalue weighted by molar-refractivity contribution is -0.179. The summed E-state index contributed by atoms with van der Waals surface area (Å²) in [7, 11) is 0. The molecule has 72 valence electrons. The van der Waals surface area contributed by atoms with Crippen LogP contribution in [0.25, 0.3) is 0 Å². The van der Waals surface area contributed by atoms with Gasteiger partial charge in [-0.1, -0.05) is 20.3 Å². The van der Waals surface area contributed by atoms with Gasteiger partial charge in [-0.3, -0.25) is 0 Å². The van der Waals surface area contributed by atoms with E-state index in [4.69, 9.17) is 10.2 Å². The molecular formula is C8H16O4. The first kappa shape index (κ1) is 11.4. The van der Waals surface area contributed by atoms with Crippen LogP contribution in [0.4, 0.5) is 0 Å². The molecule has 0 aromatic carbocycles. The van der Waals surface area contributed by atoms with Gasteiger partial charge in [0.1, 0.15) is 0 Å². The summed E-state index contributed by atoms with van der Waals surface area (Å²) in [5.74, 6) is -1.83. The third-order valence-corrected chi connectivity index (χ3v) is 2.34. The zero-order chi connectivity index (χ0) is 9.94. The SMILES string of the molecule is CCC(C)C(O)(C(=O)O)C(C)O. The van der Waals surface area contributed by atoms with E-state index >= 15 is 0 Å². The van der Waals surface area contributed by atoms with Gasteiger partial charge in [-0.15, -0.1) is 0 Å². The fourth-order valence-electron chi connectivity index (χ4n) is 1.11. The van der Waals surface area contributed by atoms with Gasteiger partial charge >= 0.3 is 5.97 Å². The predicted octanol–water partition coefficient (Wildman–Crippen LogP) is 0.229. The molecule has 0 aliphatic heterocycles. The highest BCUT2D eigenvalue weighted by molar-refractivity contribution is 5.78. The van der Waals surface area contributed by atoms with Crippen molar-refractivity contribution >= 4 is 5.97 Å². The minimum atomic E-state index is -2.02. The summed E-state index contributed by atoms with van der Waals surface area (Å²) >= 11 is 0. The molecule has 0 amide bonds. The number of aliphatic carboxylic acids is 1. The fraction of sp³-hybridized carbons (Fsp3) is 0.875. The highest BCUT2D eigenvalue weighted by Gasteiger charge is 2.45. The molecule has 0 fully saturated rings. The normalized spacial score (nSPS) is 21.1. The summed E-state index contributed by atoms with van der Waals surface area (Å²) in [4.78, 5) is 10.7. The first-order valence-corrected chi connectivity index (χ1v) is 4.01. The Morgan fingerprint density at radius 3 is 2.00 bits per heavy atom. The van der Waals surface area contributed by atoms with Crippen molar-refractivity contribution in [2.75, 3.05) is 0 Å². The molecule has 0 aromatic rings. The smallest absolute Gasteiger partial charge is 0.338 e. The number of hydrogen-bond donors (Lipinski definition) is 3. The average molecular weight is 176 g/mol. The van der Waals surface area contributed by atoms with E-state index in [-0.39, 0.29) is 0 Å². The molecule has 4 nitrogen and oxygen atoms in total. The van der Waals surface area contributed by atoms with Gasteiger partial charge in [-0.2, -0.15) is 0 Å². The number of aliphatic hydroxyl groups is 2. The number of rotatable bonds is 4. The maximum atomic E-state index is 10.7. The zero-order valence-corrected chi connectivity index (χ0v) is 7.61. The van der Waals surface area contributed by atoms with Crippen LogP contribution in [0.15, 0.2) is 0 Å². The number of carboxylic acid groups (broad SMARTS) is 1. The molecule has 0 saturated carbocycles. The van der Waals surface area contributed by atoms with Crippen LogP contribution < -0.4 is 0 Å². The molecule has 0 rings (SSSR count). The maximum Gasteiger partial charge on any atom is 0.338 e. The summed E-state index contributed by atoms with van der Waals surface area (Å²) in [6, 6.07) is 0. The lowest BCUT2D eigenvalue weighted by atomic mass is 9.83. The maximum absolute atomic E-state index is 10.7. The van der Waals surface area contributed by atoms with Crippen LogP contribution in [-0.2, 0) is 4.79 Å². The Kier molecular flexibility index (Phi) is 3.67. The summed E-state index contributed by atoms with van der Waals surface area (Å²) in [6.45, 7) is 4.64. The largest absolute Gasteiger partial charge is 0.479 e. The van der Waals surface area contributed by atoms with Crippen molar-refractivity contribution in [3.05, 3.63) is 0 Å². The van der Waals surface area contributed by atoms with Gasteiger partial charge in [0.15, 0.2) is 5.60 Å². The lowest BCUT2D eigenvalue weighted by Gasteiger charge is -2.31. The minimum absolute atomic E-state index is 0.463. The molecule has 0 radical (unpaired) electrons. The van der Waals surface area contributed by atoms with E-state index in [0.717, 1.165) is 0 Å². The van der Waals surface area contributed by atoms with Crippen LogP contribution in [-0.4, -0.2) is 33.0 Å². The summed E-state index contributed by atoms with van der Waals surface area (Å²) in [6.07, 6.45) is -0.752. The molecular weight excluding hydrogens is 160 g/mol. The van der Waals surface area contributed by atoms with Crippen LogP contribution >= 0.6 is 0 Å². The third kappa shape index (κ3) is 1.76. The quantitative estimate of drug-likeness (QED) is 0.573. The van der Waals surface area contributed by atoms with E-state index in [9.17, 15) is 9.90 Å². The molecule has 0 saturated heterocycles. The van der Waals surface area contributed by atoms with Crippen molar-refractivity contribution in [2.45, 2.75) is 38.9 Å². The van der Waals surface area contributed by atoms with Crippen LogP contribution in [0, 0.1) is 5.92 Å². The van der Waals surface area contributed by atoms with E-state index in [2.05, 4.69) is 0 Å². The van der Waals surface area contributed by atoms with Crippen molar-refractivity contribution in [1.29, 1.82) is 0 Å². The molecule has 0 aromatic heterocycles. The molecule has 3 N–H and O–H groups in total. The molecule has 12 heavy (non-hydrogen) atoms. The van der Waals surface area contributed by atoms with Crippen LogP contribution in [0.5, 0.6) is 0 Å². The van der Waals surface area contributed by atoms with Crippen molar-refractivity contribution in [3.63, 3.8) is 0 Å². The molecule has 0 bridgehead atoms. The summed E-state index contributed by atoms with van der Waals surface area (Å²) < 4.78 is 0. The van der Waals surface area contributed by atoms with Crippen molar-refractivity contribution < 1.29 is 20.1 Å². The van der Waals surface area contributed by atoms with E-state index in [1.165, 1.54) is 6.92 Å². The Morgan fingerprint density at radius 1 is 1.50 bits per heavy atom. The van der Waals surface area contributed by atoms with E-state index in [0.29, 0.717) is 6.42 Å². The van der Waals surface area contributed by atoms with E-state index in [1.54, 1.807) is 13.8 Å². The first-order chi connectivity index (χ1) is 5.37. The fourth-order valence-corrected chi connectivity index (χ4v) is 1.11. The van der Waals surface area contributed by atoms with Gasteiger partial charge in [-0.05, 0) is 12.8 Å².